The van der Waals surface area contributed by atoms with Crippen molar-refractivity contribution in [3.05, 3.63) is 16.8 Å². The Morgan fingerprint density at radius 1 is 1.44 bits per heavy atom. The van der Waals surface area contributed by atoms with Gasteiger partial charge in [0.05, 0.1) is 16.9 Å². The molecule has 1 aliphatic rings. The zero-order chi connectivity index (χ0) is 13.1. The molecule has 0 spiro atoms. The maximum Gasteiger partial charge on any atom is 0.281 e. The molecule has 96 valence electrons. The molecule has 1 aliphatic heterocycles. The van der Waals surface area contributed by atoms with Gasteiger partial charge in [-0.25, -0.2) is 4.98 Å². The van der Waals surface area contributed by atoms with Crippen molar-refractivity contribution in [2.45, 2.75) is 18.8 Å². The summed E-state index contributed by atoms with van der Waals surface area (Å²) in [6.45, 7) is 1.79. The first-order valence-corrected chi connectivity index (χ1v) is 6.37. The summed E-state index contributed by atoms with van der Waals surface area (Å²) in [6, 6.07) is 1.80. The van der Waals surface area contributed by atoms with Gasteiger partial charge in [0.15, 0.2) is 0 Å². The smallest absolute Gasteiger partial charge is 0.281 e. The lowest BCUT2D eigenvalue weighted by Crippen LogP contribution is -2.36. The molecule has 5 nitrogen and oxygen atoms in total. The quantitative estimate of drug-likeness (QED) is 0.619. The van der Waals surface area contributed by atoms with Gasteiger partial charge in [0.1, 0.15) is 5.82 Å². The Bertz CT molecular complexity index is 426. The number of hydrogen-bond donors (Lipinski definition) is 2. The van der Waals surface area contributed by atoms with E-state index in [4.69, 9.17) is 23.1 Å². The number of nitrogens with zero attached hydrogens (tertiary/aromatic N) is 2. The van der Waals surface area contributed by atoms with Crippen molar-refractivity contribution in [1.82, 2.24) is 9.79 Å². The number of aromatic nitrogens is 1. The minimum atomic E-state index is 0.299. The van der Waals surface area contributed by atoms with Crippen molar-refractivity contribution >= 4 is 36.7 Å². The monoisotopic (exact) mass is 266 g/mol. The minimum Gasteiger partial charge on any atom is -0.395 e. The number of carbonyl (C=O) groups excluding carboxylic acids is 1. The molecule has 1 aromatic heterocycles. The van der Waals surface area contributed by atoms with E-state index in [1.54, 1.807) is 6.07 Å². The van der Waals surface area contributed by atoms with E-state index in [1.165, 1.54) is 0 Å². The fourth-order valence-corrected chi connectivity index (χ4v) is 2.50. The van der Waals surface area contributed by atoms with Crippen LogP contribution in [0.1, 0.15) is 24.5 Å². The first-order valence-electron chi connectivity index (χ1n) is 5.99. The molecule has 0 amide bonds. The summed E-state index contributed by atoms with van der Waals surface area (Å²) in [7, 11) is 0.505. The van der Waals surface area contributed by atoms with E-state index >= 15 is 0 Å². The second-order valence-corrected chi connectivity index (χ2v) is 4.98. The van der Waals surface area contributed by atoms with Crippen LogP contribution in [0.2, 0.25) is 5.02 Å². The van der Waals surface area contributed by atoms with Gasteiger partial charge in [0, 0.05) is 11.6 Å². The molecule has 0 radical (unpaired) electrons. The molecule has 4 N–H and O–H groups in total. The average Bonchev–Trinajstić information content (AvgIpc) is 2.37. The van der Waals surface area contributed by atoms with Crippen LogP contribution in [0.5, 0.6) is 0 Å². The normalized spacial score (nSPS) is 17.6. The Morgan fingerprint density at radius 2 is 2.11 bits per heavy atom. The maximum atomic E-state index is 10.4. The van der Waals surface area contributed by atoms with Gasteiger partial charge in [0.2, 0.25) is 0 Å². The van der Waals surface area contributed by atoms with Crippen LogP contribution in [-0.4, -0.2) is 36.5 Å². The number of pyridine rings is 1. The lowest BCUT2D eigenvalue weighted by atomic mass is 9.85. The highest BCUT2D eigenvalue weighted by molar-refractivity contribution is 6.64. The van der Waals surface area contributed by atoms with E-state index in [2.05, 4.69) is 9.79 Å². The van der Waals surface area contributed by atoms with E-state index in [9.17, 15) is 4.79 Å². The second kappa shape index (κ2) is 5.58. The SMILES string of the molecule is Nc1nc(C2CCN(BC=O)CC2)cc(Cl)c1N. The van der Waals surface area contributed by atoms with E-state index in [0.29, 0.717) is 29.9 Å². The predicted octanol–water partition coefficient (Wildman–Crippen LogP) is 0.620. The van der Waals surface area contributed by atoms with E-state index in [-0.39, 0.29) is 0 Å². The summed E-state index contributed by atoms with van der Waals surface area (Å²) >= 11 is 6.01. The van der Waals surface area contributed by atoms with Crippen LogP contribution in [0.4, 0.5) is 11.5 Å². The third-order valence-corrected chi connectivity index (χ3v) is 3.71. The Balaban J connectivity index is 2.08. The van der Waals surface area contributed by atoms with Gasteiger partial charge in [0.25, 0.3) is 7.41 Å². The van der Waals surface area contributed by atoms with E-state index in [1.807, 2.05) is 0 Å². The Labute approximate surface area is 112 Å². The zero-order valence-electron chi connectivity index (χ0n) is 10.1. The zero-order valence-corrected chi connectivity index (χ0v) is 10.9. The lowest BCUT2D eigenvalue weighted by Gasteiger charge is -2.30. The van der Waals surface area contributed by atoms with Crippen molar-refractivity contribution in [2.75, 3.05) is 24.6 Å². The van der Waals surface area contributed by atoms with Crippen molar-refractivity contribution < 1.29 is 4.79 Å². The van der Waals surface area contributed by atoms with Crippen LogP contribution in [0, 0.1) is 0 Å². The van der Waals surface area contributed by atoms with Gasteiger partial charge < -0.3 is 21.1 Å². The van der Waals surface area contributed by atoms with Gasteiger partial charge in [-0.2, -0.15) is 0 Å². The molecule has 1 fully saturated rings. The fraction of sp³-hybridized carbons (Fsp3) is 0.455. The van der Waals surface area contributed by atoms with Gasteiger partial charge in [-0.05, 0) is 32.0 Å². The molecule has 2 heterocycles. The highest BCUT2D eigenvalue weighted by Crippen LogP contribution is 2.32. The Kier molecular flexibility index (Phi) is 4.09. The maximum absolute atomic E-state index is 10.4. The highest BCUT2D eigenvalue weighted by atomic mass is 35.5. The molecular weight excluding hydrogens is 250 g/mol. The van der Waals surface area contributed by atoms with Gasteiger partial charge >= 0.3 is 0 Å². The molecule has 0 saturated carbocycles. The topological polar surface area (TPSA) is 85.2 Å². The van der Waals surface area contributed by atoms with Gasteiger partial charge in [-0.3, -0.25) is 0 Å². The summed E-state index contributed by atoms with van der Waals surface area (Å²) in [5.74, 6) is 0.640. The van der Waals surface area contributed by atoms with Crippen LogP contribution in [0.25, 0.3) is 0 Å². The molecular formula is C11H16BClN4O. The number of halogens is 1. The molecule has 2 rings (SSSR count). The van der Waals surface area contributed by atoms with Crippen LogP contribution in [0.3, 0.4) is 0 Å². The van der Waals surface area contributed by atoms with E-state index < -0.39 is 0 Å². The van der Waals surface area contributed by atoms with Crippen molar-refractivity contribution in [1.29, 1.82) is 0 Å². The fourth-order valence-electron chi connectivity index (χ4n) is 2.29. The third kappa shape index (κ3) is 2.76. The molecule has 0 atom stereocenters. The standard InChI is InChI=1S/C11H16BClN4O/c13-8-5-9(16-11(15)10(8)14)7-1-3-17(4-2-7)12-6-18/h5-7,12H,1-4,14H2,(H2,15,16). The Morgan fingerprint density at radius 3 is 2.67 bits per heavy atom. The van der Waals surface area contributed by atoms with E-state index in [0.717, 1.165) is 37.8 Å². The number of nitrogen functional groups attached to an aromatic ring is 2. The van der Waals surface area contributed by atoms with Crippen LogP contribution < -0.4 is 11.5 Å². The van der Waals surface area contributed by atoms with Crippen LogP contribution in [-0.2, 0) is 4.79 Å². The minimum absolute atomic E-state index is 0.299. The van der Waals surface area contributed by atoms with Crippen molar-refractivity contribution in [2.24, 2.45) is 0 Å². The molecule has 1 aromatic rings. The summed E-state index contributed by atoms with van der Waals surface area (Å²) < 4.78 is 0. The lowest BCUT2D eigenvalue weighted by molar-refractivity contribution is 0.328. The van der Waals surface area contributed by atoms with Gasteiger partial charge in [-0.15, -0.1) is 0 Å². The molecule has 0 bridgehead atoms. The third-order valence-electron chi connectivity index (χ3n) is 3.40. The Hall–Kier alpha value is -1.27. The number of nitrogens with two attached hydrogens (primary N) is 2. The number of piperidine rings is 1. The number of hydrogen-bond acceptors (Lipinski definition) is 5. The van der Waals surface area contributed by atoms with Crippen molar-refractivity contribution in [3.63, 3.8) is 0 Å². The average molecular weight is 267 g/mol. The van der Waals surface area contributed by atoms with Crippen molar-refractivity contribution in [3.8, 4) is 0 Å². The molecule has 7 heteroatoms. The summed E-state index contributed by atoms with van der Waals surface area (Å²) in [6.07, 6.45) is 2.86. The van der Waals surface area contributed by atoms with Gasteiger partial charge in [-0.1, -0.05) is 11.6 Å². The van der Waals surface area contributed by atoms with Crippen LogP contribution in [0.15, 0.2) is 6.07 Å². The predicted molar refractivity (Wildman–Crippen MR) is 75.5 cm³/mol. The highest BCUT2D eigenvalue weighted by Gasteiger charge is 2.22. The molecule has 0 aliphatic carbocycles. The number of anilines is 2. The molecule has 0 unspecified atom stereocenters. The molecule has 1 saturated heterocycles. The van der Waals surface area contributed by atoms with Crippen LogP contribution >= 0.6 is 11.6 Å². The summed E-state index contributed by atoms with van der Waals surface area (Å²) in [5, 5.41) is 0.466. The summed E-state index contributed by atoms with van der Waals surface area (Å²) in [5.41, 5.74) is 12.6. The number of rotatable bonds is 3. The number of carbonyl (C=O) groups is 1. The first-order chi connectivity index (χ1) is 8.61. The largest absolute Gasteiger partial charge is 0.395 e. The molecule has 18 heavy (non-hydrogen) atoms. The summed E-state index contributed by atoms with van der Waals surface area (Å²) in [4.78, 5) is 16.9. The molecule has 0 aromatic carbocycles. The second-order valence-electron chi connectivity index (χ2n) is 4.57. The first kappa shape index (κ1) is 13.2.